The van der Waals surface area contributed by atoms with Crippen molar-refractivity contribution in [3.8, 4) is 5.75 Å². The Kier molecular flexibility index (Phi) is 5.93. The predicted octanol–water partition coefficient (Wildman–Crippen LogP) is 4.01. The van der Waals surface area contributed by atoms with Gasteiger partial charge in [-0.1, -0.05) is 19.9 Å². The van der Waals surface area contributed by atoms with Gasteiger partial charge in [0.2, 0.25) is 0 Å². The number of hydrogen-bond donors (Lipinski definition) is 1. The fraction of sp³-hybridized carbons (Fsp3) is 0.500. The molecule has 1 aromatic heterocycles. The van der Waals surface area contributed by atoms with Crippen molar-refractivity contribution >= 4 is 11.3 Å². The van der Waals surface area contributed by atoms with Gasteiger partial charge in [-0.05, 0) is 61.8 Å². The highest BCUT2D eigenvalue weighted by Crippen LogP contribution is 2.34. The molecule has 0 radical (unpaired) electrons. The molecule has 0 spiro atoms. The number of fused-ring (bicyclic) bond motifs is 1. The van der Waals surface area contributed by atoms with Crippen LogP contribution in [0.25, 0.3) is 0 Å². The summed E-state index contributed by atoms with van der Waals surface area (Å²) in [6.45, 7) is 11.5. The van der Waals surface area contributed by atoms with Crippen molar-refractivity contribution in [2.75, 3.05) is 32.8 Å². The molecule has 0 fully saturated rings. The Balaban J connectivity index is 1.69. The van der Waals surface area contributed by atoms with E-state index >= 15 is 0 Å². The van der Waals surface area contributed by atoms with Crippen molar-refractivity contribution in [2.45, 2.75) is 33.2 Å². The molecule has 2 aromatic rings. The molecule has 1 N–H and O–H groups in total. The molecule has 4 heteroatoms. The normalized spacial score (nSPS) is 17.1. The fourth-order valence-electron chi connectivity index (χ4n) is 3.33. The summed E-state index contributed by atoms with van der Waals surface area (Å²) >= 11 is 1.88. The summed E-state index contributed by atoms with van der Waals surface area (Å²) in [5.41, 5.74) is 2.82. The van der Waals surface area contributed by atoms with Crippen LogP contribution in [0.3, 0.4) is 0 Å². The van der Waals surface area contributed by atoms with E-state index in [0.29, 0.717) is 6.04 Å². The third kappa shape index (κ3) is 4.00. The Hall–Kier alpha value is -1.36. The lowest BCUT2D eigenvalue weighted by atomic mass is 9.93. The monoisotopic (exact) mass is 344 g/mol. The molecule has 0 amide bonds. The second kappa shape index (κ2) is 8.15. The van der Waals surface area contributed by atoms with E-state index in [1.54, 1.807) is 0 Å². The van der Waals surface area contributed by atoms with E-state index in [1.165, 1.54) is 20.9 Å². The summed E-state index contributed by atoms with van der Waals surface area (Å²) in [6.07, 6.45) is 1.07. The Morgan fingerprint density at radius 3 is 2.75 bits per heavy atom. The predicted molar refractivity (Wildman–Crippen MR) is 102 cm³/mol. The smallest absolute Gasteiger partial charge is 0.119 e. The summed E-state index contributed by atoms with van der Waals surface area (Å²) in [6, 6.07) is 11.4. The van der Waals surface area contributed by atoms with Gasteiger partial charge in [0.25, 0.3) is 0 Å². The third-order valence-electron chi connectivity index (χ3n) is 4.78. The SMILES string of the molecule is CCN(CC)CCOc1ccc2c(c1)CCNC2c1ccc(C)s1. The number of likely N-dealkylation sites (N-methyl/N-ethyl adjacent to an activating group) is 1. The zero-order chi connectivity index (χ0) is 16.9. The minimum Gasteiger partial charge on any atom is -0.492 e. The molecule has 2 heterocycles. The van der Waals surface area contributed by atoms with Crippen LogP contribution in [0.2, 0.25) is 0 Å². The van der Waals surface area contributed by atoms with E-state index in [9.17, 15) is 0 Å². The molecule has 1 atom stereocenters. The van der Waals surface area contributed by atoms with Gasteiger partial charge in [0.1, 0.15) is 12.4 Å². The average Bonchev–Trinajstić information content (AvgIpc) is 3.04. The van der Waals surface area contributed by atoms with Crippen molar-refractivity contribution in [1.82, 2.24) is 10.2 Å². The van der Waals surface area contributed by atoms with E-state index < -0.39 is 0 Å². The summed E-state index contributed by atoms with van der Waals surface area (Å²) < 4.78 is 5.99. The molecule has 1 aliphatic heterocycles. The van der Waals surface area contributed by atoms with Crippen LogP contribution >= 0.6 is 11.3 Å². The number of nitrogens with zero attached hydrogens (tertiary/aromatic N) is 1. The van der Waals surface area contributed by atoms with Gasteiger partial charge in [-0.15, -0.1) is 11.3 Å². The minimum absolute atomic E-state index is 0.331. The van der Waals surface area contributed by atoms with Crippen molar-refractivity contribution in [3.05, 3.63) is 51.2 Å². The van der Waals surface area contributed by atoms with Crippen molar-refractivity contribution in [2.24, 2.45) is 0 Å². The van der Waals surface area contributed by atoms with Gasteiger partial charge in [0, 0.05) is 22.8 Å². The lowest BCUT2D eigenvalue weighted by molar-refractivity contribution is 0.222. The number of rotatable bonds is 7. The van der Waals surface area contributed by atoms with Crippen LogP contribution in [-0.2, 0) is 6.42 Å². The lowest BCUT2D eigenvalue weighted by Gasteiger charge is -2.27. The summed E-state index contributed by atoms with van der Waals surface area (Å²) in [5.74, 6) is 1.00. The van der Waals surface area contributed by atoms with Crippen molar-refractivity contribution in [3.63, 3.8) is 0 Å². The maximum Gasteiger partial charge on any atom is 0.119 e. The summed E-state index contributed by atoms with van der Waals surface area (Å²) in [7, 11) is 0. The molecule has 0 aliphatic carbocycles. The first-order valence-electron chi connectivity index (χ1n) is 8.99. The maximum atomic E-state index is 5.99. The number of thiophene rings is 1. The number of hydrogen-bond acceptors (Lipinski definition) is 4. The van der Waals surface area contributed by atoms with Gasteiger partial charge >= 0.3 is 0 Å². The quantitative estimate of drug-likeness (QED) is 0.821. The lowest BCUT2D eigenvalue weighted by Crippen LogP contribution is -2.30. The van der Waals surface area contributed by atoms with Crippen LogP contribution in [0.1, 0.15) is 40.8 Å². The molecule has 24 heavy (non-hydrogen) atoms. The number of nitrogens with one attached hydrogen (secondary N) is 1. The van der Waals surface area contributed by atoms with Gasteiger partial charge in [-0.3, -0.25) is 0 Å². The Morgan fingerprint density at radius 2 is 2.04 bits per heavy atom. The largest absolute Gasteiger partial charge is 0.492 e. The fourth-order valence-corrected chi connectivity index (χ4v) is 4.30. The molecule has 3 nitrogen and oxygen atoms in total. The first-order chi connectivity index (χ1) is 11.7. The van der Waals surface area contributed by atoms with Crippen LogP contribution in [0.4, 0.5) is 0 Å². The van der Waals surface area contributed by atoms with Crippen LogP contribution in [0, 0.1) is 6.92 Å². The molecule has 3 rings (SSSR count). The van der Waals surface area contributed by atoms with E-state index in [1.807, 2.05) is 11.3 Å². The number of ether oxygens (including phenoxy) is 1. The zero-order valence-electron chi connectivity index (χ0n) is 15.0. The summed E-state index contributed by atoms with van der Waals surface area (Å²) in [5, 5.41) is 3.66. The van der Waals surface area contributed by atoms with Gasteiger partial charge < -0.3 is 15.0 Å². The standard InChI is InChI=1S/C20H28N2OS/c1-4-22(5-2)12-13-23-17-7-8-18-16(14-17)10-11-21-20(18)19-9-6-15(3)24-19/h6-9,14,20-21H,4-5,10-13H2,1-3H3. The summed E-state index contributed by atoms with van der Waals surface area (Å²) in [4.78, 5) is 5.16. The van der Waals surface area contributed by atoms with Gasteiger partial charge in [-0.2, -0.15) is 0 Å². The average molecular weight is 345 g/mol. The van der Waals surface area contributed by atoms with Crippen LogP contribution in [-0.4, -0.2) is 37.7 Å². The third-order valence-corrected chi connectivity index (χ3v) is 5.85. The van der Waals surface area contributed by atoms with Gasteiger partial charge in [0.15, 0.2) is 0 Å². The highest BCUT2D eigenvalue weighted by Gasteiger charge is 2.22. The molecule has 1 unspecified atom stereocenters. The Bertz CT molecular complexity index is 663. The van der Waals surface area contributed by atoms with Crippen LogP contribution in [0.15, 0.2) is 30.3 Å². The molecule has 1 aliphatic rings. The molecular weight excluding hydrogens is 316 g/mol. The Labute approximate surface area is 149 Å². The van der Waals surface area contributed by atoms with E-state index in [2.05, 4.69) is 61.3 Å². The van der Waals surface area contributed by atoms with Crippen molar-refractivity contribution in [1.29, 1.82) is 0 Å². The molecule has 1 aromatic carbocycles. The highest BCUT2D eigenvalue weighted by atomic mass is 32.1. The van der Waals surface area contributed by atoms with Gasteiger partial charge in [0.05, 0.1) is 6.04 Å². The molecular formula is C20H28N2OS. The molecule has 0 saturated heterocycles. The van der Waals surface area contributed by atoms with Crippen LogP contribution < -0.4 is 10.1 Å². The molecule has 130 valence electrons. The first-order valence-corrected chi connectivity index (χ1v) is 9.80. The second-order valence-electron chi connectivity index (χ2n) is 6.32. The maximum absolute atomic E-state index is 5.99. The van der Waals surface area contributed by atoms with E-state index in [-0.39, 0.29) is 0 Å². The number of benzene rings is 1. The zero-order valence-corrected chi connectivity index (χ0v) is 15.8. The first kappa shape index (κ1) is 17.5. The van der Waals surface area contributed by atoms with Crippen molar-refractivity contribution < 1.29 is 4.74 Å². The number of aryl methyl sites for hydroxylation is 1. The topological polar surface area (TPSA) is 24.5 Å². The van der Waals surface area contributed by atoms with E-state index in [4.69, 9.17) is 4.74 Å². The second-order valence-corrected chi connectivity index (χ2v) is 7.64. The Morgan fingerprint density at radius 1 is 1.21 bits per heavy atom. The molecule has 0 bridgehead atoms. The van der Waals surface area contributed by atoms with Crippen LogP contribution in [0.5, 0.6) is 5.75 Å². The van der Waals surface area contributed by atoms with Gasteiger partial charge in [-0.25, -0.2) is 0 Å². The minimum atomic E-state index is 0.331. The van der Waals surface area contributed by atoms with E-state index in [0.717, 1.165) is 45.0 Å². The highest BCUT2D eigenvalue weighted by molar-refractivity contribution is 7.12. The molecule has 0 saturated carbocycles.